The van der Waals surface area contributed by atoms with Gasteiger partial charge >= 0.3 is 5.97 Å². The Morgan fingerprint density at radius 1 is 1.30 bits per heavy atom. The number of carbonyl (C=O) groups excluding carboxylic acids is 1. The van der Waals surface area contributed by atoms with E-state index in [-0.39, 0.29) is 5.91 Å². The normalized spacial score (nSPS) is 18.3. The Morgan fingerprint density at radius 3 is 2.55 bits per heavy atom. The van der Waals surface area contributed by atoms with Crippen molar-refractivity contribution >= 4 is 23.6 Å². The number of nitrogens with zero attached hydrogens (tertiary/aromatic N) is 1. The maximum atomic E-state index is 12.1. The Hall–Kier alpha value is -1.49. The summed E-state index contributed by atoms with van der Waals surface area (Å²) in [7, 11) is 0. The lowest BCUT2D eigenvalue weighted by atomic mass is 10.2. The van der Waals surface area contributed by atoms with Crippen LogP contribution in [0.1, 0.15) is 24.0 Å². The predicted octanol–water partition coefficient (Wildman–Crippen LogP) is 2.47. The third kappa shape index (κ3) is 3.54. The second kappa shape index (κ2) is 6.31. The molecule has 2 rings (SSSR count). The highest BCUT2D eigenvalue weighted by Gasteiger charge is 2.33. The monoisotopic (exact) mass is 293 g/mol. The summed E-state index contributed by atoms with van der Waals surface area (Å²) in [6.07, 6.45) is 1.34. The highest BCUT2D eigenvalue weighted by Crippen LogP contribution is 2.24. The van der Waals surface area contributed by atoms with Crippen LogP contribution in [0.4, 0.5) is 0 Å². The summed E-state index contributed by atoms with van der Waals surface area (Å²) in [5.41, 5.74) is 2.34. The van der Waals surface area contributed by atoms with Gasteiger partial charge in [0.1, 0.15) is 6.04 Å². The highest BCUT2D eigenvalue weighted by molar-refractivity contribution is 8.00. The molecule has 0 bridgehead atoms. The highest BCUT2D eigenvalue weighted by atomic mass is 32.2. The number of rotatable bonds is 4. The van der Waals surface area contributed by atoms with Crippen molar-refractivity contribution in [2.24, 2.45) is 0 Å². The van der Waals surface area contributed by atoms with Crippen molar-refractivity contribution in [2.45, 2.75) is 37.6 Å². The fraction of sp³-hybridized carbons (Fsp3) is 0.467. The molecule has 0 spiro atoms. The number of carbonyl (C=O) groups is 2. The first-order chi connectivity index (χ1) is 9.47. The maximum Gasteiger partial charge on any atom is 0.326 e. The van der Waals surface area contributed by atoms with Crippen LogP contribution in [-0.2, 0) is 9.59 Å². The van der Waals surface area contributed by atoms with Gasteiger partial charge in [0.2, 0.25) is 5.91 Å². The summed E-state index contributed by atoms with van der Waals surface area (Å²) in [6.45, 7) is 4.61. The van der Waals surface area contributed by atoms with E-state index < -0.39 is 12.0 Å². The van der Waals surface area contributed by atoms with Crippen LogP contribution in [0.5, 0.6) is 0 Å². The molecule has 5 heteroatoms. The van der Waals surface area contributed by atoms with Crippen molar-refractivity contribution in [3.63, 3.8) is 0 Å². The zero-order valence-corrected chi connectivity index (χ0v) is 12.6. The van der Waals surface area contributed by atoms with Gasteiger partial charge in [0.15, 0.2) is 0 Å². The molecule has 1 aliphatic rings. The minimum absolute atomic E-state index is 0.0842. The quantitative estimate of drug-likeness (QED) is 0.866. The molecule has 1 amide bonds. The molecule has 0 aromatic heterocycles. The van der Waals surface area contributed by atoms with Gasteiger partial charge in [-0.05, 0) is 49.9 Å². The summed E-state index contributed by atoms with van der Waals surface area (Å²) < 4.78 is 0. The second-order valence-corrected chi connectivity index (χ2v) is 6.24. The van der Waals surface area contributed by atoms with Gasteiger partial charge in [-0.1, -0.05) is 6.07 Å². The number of benzene rings is 1. The standard InChI is InChI=1S/C15H19NO3S/c1-10-6-11(2)8-12(7-10)20-9-14(17)16-5-3-4-13(16)15(18)19/h6-8,13H,3-5,9H2,1-2H3,(H,18,19). The average molecular weight is 293 g/mol. The first-order valence-electron chi connectivity index (χ1n) is 6.71. The van der Waals surface area contributed by atoms with Crippen molar-refractivity contribution in [2.75, 3.05) is 12.3 Å². The van der Waals surface area contributed by atoms with Crippen LogP contribution in [0.3, 0.4) is 0 Å². The smallest absolute Gasteiger partial charge is 0.326 e. The molecule has 4 nitrogen and oxygen atoms in total. The van der Waals surface area contributed by atoms with E-state index in [2.05, 4.69) is 6.07 Å². The Bertz CT molecular complexity index is 510. The van der Waals surface area contributed by atoms with Gasteiger partial charge < -0.3 is 10.0 Å². The molecule has 1 saturated heterocycles. The number of amides is 1. The number of aliphatic carboxylic acids is 1. The van der Waals surface area contributed by atoms with E-state index >= 15 is 0 Å². The molecule has 20 heavy (non-hydrogen) atoms. The summed E-state index contributed by atoms with van der Waals surface area (Å²) in [4.78, 5) is 25.8. The molecule has 108 valence electrons. The largest absolute Gasteiger partial charge is 0.480 e. The second-order valence-electron chi connectivity index (χ2n) is 5.20. The van der Waals surface area contributed by atoms with Crippen molar-refractivity contribution in [1.29, 1.82) is 0 Å². The lowest BCUT2D eigenvalue weighted by molar-refractivity contribution is -0.147. The van der Waals surface area contributed by atoms with Crippen molar-refractivity contribution < 1.29 is 14.7 Å². The first-order valence-corrected chi connectivity index (χ1v) is 7.69. The van der Waals surface area contributed by atoms with E-state index in [1.54, 1.807) is 0 Å². The molecule has 1 fully saturated rings. The summed E-state index contributed by atoms with van der Waals surface area (Å²) in [6, 6.07) is 5.54. The number of thioether (sulfide) groups is 1. The number of aryl methyl sites for hydroxylation is 2. The molecule has 1 atom stereocenters. The molecule has 1 heterocycles. The lowest BCUT2D eigenvalue weighted by Gasteiger charge is -2.21. The molecule has 1 aromatic rings. The van der Waals surface area contributed by atoms with Gasteiger partial charge in [0, 0.05) is 11.4 Å². The van der Waals surface area contributed by atoms with Gasteiger partial charge in [0.05, 0.1) is 5.75 Å². The van der Waals surface area contributed by atoms with E-state index in [9.17, 15) is 9.59 Å². The number of hydrogen-bond donors (Lipinski definition) is 1. The van der Waals surface area contributed by atoms with Crippen molar-refractivity contribution in [3.05, 3.63) is 29.3 Å². The molecule has 0 radical (unpaired) electrons. The fourth-order valence-corrected chi connectivity index (χ4v) is 3.56. The third-order valence-electron chi connectivity index (χ3n) is 3.42. The zero-order valence-electron chi connectivity index (χ0n) is 11.8. The fourth-order valence-electron chi connectivity index (χ4n) is 2.57. The molecule has 0 aliphatic carbocycles. The molecule has 1 aliphatic heterocycles. The van der Waals surface area contributed by atoms with Crippen LogP contribution in [0.2, 0.25) is 0 Å². The molecular formula is C15H19NO3S. The Balaban J connectivity index is 1.96. The maximum absolute atomic E-state index is 12.1. The SMILES string of the molecule is Cc1cc(C)cc(SCC(=O)N2CCCC2C(=O)O)c1. The van der Waals surface area contributed by atoms with Gasteiger partial charge in [0.25, 0.3) is 0 Å². The van der Waals surface area contributed by atoms with Crippen LogP contribution < -0.4 is 0 Å². The molecule has 1 N–H and O–H groups in total. The number of likely N-dealkylation sites (tertiary alicyclic amines) is 1. The first kappa shape index (κ1) is 14.9. The van der Waals surface area contributed by atoms with E-state index in [0.29, 0.717) is 18.7 Å². The predicted molar refractivity (Wildman–Crippen MR) is 79.0 cm³/mol. The van der Waals surface area contributed by atoms with Gasteiger partial charge in [-0.15, -0.1) is 11.8 Å². The zero-order chi connectivity index (χ0) is 14.7. The summed E-state index contributed by atoms with van der Waals surface area (Å²) in [5, 5.41) is 9.09. The molecule has 0 saturated carbocycles. The van der Waals surface area contributed by atoms with E-state index in [1.807, 2.05) is 26.0 Å². The third-order valence-corrected chi connectivity index (χ3v) is 4.38. The van der Waals surface area contributed by atoms with Crippen LogP contribution in [0.25, 0.3) is 0 Å². The number of carboxylic acids is 1. The summed E-state index contributed by atoms with van der Waals surface area (Å²) in [5.74, 6) is -0.682. The van der Waals surface area contributed by atoms with Crippen LogP contribution in [0, 0.1) is 13.8 Å². The Kier molecular flexibility index (Phi) is 4.70. The van der Waals surface area contributed by atoms with Crippen LogP contribution in [0.15, 0.2) is 23.1 Å². The Morgan fingerprint density at radius 2 is 1.95 bits per heavy atom. The van der Waals surface area contributed by atoms with Gasteiger partial charge in [-0.25, -0.2) is 4.79 Å². The van der Waals surface area contributed by atoms with E-state index in [0.717, 1.165) is 11.3 Å². The minimum Gasteiger partial charge on any atom is -0.480 e. The minimum atomic E-state index is -0.896. The topological polar surface area (TPSA) is 57.6 Å². The Labute approximate surface area is 123 Å². The van der Waals surface area contributed by atoms with E-state index in [1.165, 1.54) is 27.8 Å². The molecule has 1 unspecified atom stereocenters. The molecule has 1 aromatic carbocycles. The van der Waals surface area contributed by atoms with Crippen molar-refractivity contribution in [3.8, 4) is 0 Å². The lowest BCUT2D eigenvalue weighted by Crippen LogP contribution is -2.41. The summed E-state index contributed by atoms with van der Waals surface area (Å²) >= 11 is 1.47. The number of carboxylic acid groups (broad SMARTS) is 1. The number of hydrogen-bond acceptors (Lipinski definition) is 3. The molecular weight excluding hydrogens is 274 g/mol. The van der Waals surface area contributed by atoms with Crippen molar-refractivity contribution in [1.82, 2.24) is 4.90 Å². The van der Waals surface area contributed by atoms with Gasteiger partial charge in [-0.3, -0.25) is 4.79 Å². The van der Waals surface area contributed by atoms with E-state index in [4.69, 9.17) is 5.11 Å². The average Bonchev–Trinajstić information content (AvgIpc) is 2.84. The van der Waals surface area contributed by atoms with Gasteiger partial charge in [-0.2, -0.15) is 0 Å². The van der Waals surface area contributed by atoms with Crippen LogP contribution >= 0.6 is 11.8 Å². The van der Waals surface area contributed by atoms with Crippen LogP contribution in [-0.4, -0.2) is 40.2 Å².